The Hall–Kier alpha value is -3.58. The van der Waals surface area contributed by atoms with E-state index in [1.165, 1.54) is 23.5 Å². The standard InChI is InChI=1S/C22H15FN4OS/c23-16-7-4-8-18(11-16)27-10-9-17(25-27)13-26-14-24-19-12-20(29-21(19)22(26)28)15-5-2-1-3-6-15/h1-12,14H,13H2. The maximum atomic E-state index is 13.4. The predicted molar refractivity (Wildman–Crippen MR) is 112 cm³/mol. The summed E-state index contributed by atoms with van der Waals surface area (Å²) >= 11 is 1.44. The van der Waals surface area contributed by atoms with Crippen molar-refractivity contribution in [3.05, 3.63) is 101 Å². The molecular formula is C22H15FN4OS. The first-order valence-corrected chi connectivity index (χ1v) is 9.84. The zero-order valence-electron chi connectivity index (χ0n) is 15.2. The van der Waals surface area contributed by atoms with Crippen LogP contribution in [0.25, 0.3) is 26.3 Å². The van der Waals surface area contributed by atoms with Crippen LogP contribution in [0.4, 0.5) is 4.39 Å². The van der Waals surface area contributed by atoms with Crippen LogP contribution in [0.2, 0.25) is 0 Å². The molecule has 0 amide bonds. The lowest BCUT2D eigenvalue weighted by Gasteiger charge is -2.03. The van der Waals surface area contributed by atoms with Gasteiger partial charge in [-0.3, -0.25) is 9.36 Å². The van der Waals surface area contributed by atoms with E-state index in [1.54, 1.807) is 33.9 Å². The number of nitrogens with zero attached hydrogens (tertiary/aromatic N) is 4. The lowest BCUT2D eigenvalue weighted by molar-refractivity contribution is 0.625. The van der Waals surface area contributed by atoms with E-state index in [-0.39, 0.29) is 11.4 Å². The molecule has 5 nitrogen and oxygen atoms in total. The maximum absolute atomic E-state index is 13.4. The Labute approximate surface area is 169 Å². The van der Waals surface area contributed by atoms with Gasteiger partial charge in [0, 0.05) is 11.1 Å². The summed E-state index contributed by atoms with van der Waals surface area (Å²) in [6, 6.07) is 19.9. The zero-order valence-corrected chi connectivity index (χ0v) is 16.0. The molecule has 0 spiro atoms. The minimum absolute atomic E-state index is 0.0949. The molecular weight excluding hydrogens is 387 g/mol. The summed E-state index contributed by atoms with van der Waals surface area (Å²) in [4.78, 5) is 18.4. The largest absolute Gasteiger partial charge is 0.292 e. The Morgan fingerprint density at radius 1 is 1.00 bits per heavy atom. The first-order chi connectivity index (χ1) is 14.2. The number of hydrogen-bond donors (Lipinski definition) is 0. The zero-order chi connectivity index (χ0) is 19.8. The first-order valence-electron chi connectivity index (χ1n) is 9.02. The molecule has 5 aromatic rings. The fraction of sp³-hybridized carbons (Fsp3) is 0.0455. The van der Waals surface area contributed by atoms with Gasteiger partial charge in [-0.05, 0) is 35.9 Å². The van der Waals surface area contributed by atoms with E-state index in [2.05, 4.69) is 10.1 Å². The summed E-state index contributed by atoms with van der Waals surface area (Å²) in [6.45, 7) is 0.294. The monoisotopic (exact) mass is 402 g/mol. The number of halogens is 1. The predicted octanol–water partition coefficient (Wildman–Crippen LogP) is 4.50. The normalized spacial score (nSPS) is 11.2. The number of thiophene rings is 1. The van der Waals surface area contributed by atoms with Crippen LogP contribution in [0.15, 0.2) is 84.0 Å². The highest BCUT2D eigenvalue weighted by atomic mass is 32.1. The third-order valence-corrected chi connectivity index (χ3v) is 5.77. The molecule has 0 unspecified atom stereocenters. The number of fused-ring (bicyclic) bond motifs is 1. The second-order valence-electron chi connectivity index (χ2n) is 6.60. The van der Waals surface area contributed by atoms with Gasteiger partial charge in [0.2, 0.25) is 0 Å². The van der Waals surface area contributed by atoms with Crippen molar-refractivity contribution >= 4 is 21.6 Å². The van der Waals surface area contributed by atoms with Crippen LogP contribution in [0.1, 0.15) is 5.69 Å². The smallest absolute Gasteiger partial charge is 0.271 e. The summed E-state index contributed by atoms with van der Waals surface area (Å²) in [7, 11) is 0. The van der Waals surface area contributed by atoms with Gasteiger partial charge in [-0.1, -0.05) is 36.4 Å². The number of benzene rings is 2. The van der Waals surface area contributed by atoms with Crippen molar-refractivity contribution in [3.63, 3.8) is 0 Å². The molecule has 3 heterocycles. The molecule has 3 aromatic heterocycles. The SMILES string of the molecule is O=c1c2sc(-c3ccccc3)cc2ncn1Cc1ccn(-c2cccc(F)c2)n1. The topological polar surface area (TPSA) is 52.7 Å². The van der Waals surface area contributed by atoms with Gasteiger partial charge in [0.15, 0.2) is 0 Å². The van der Waals surface area contributed by atoms with Gasteiger partial charge in [0.1, 0.15) is 10.5 Å². The van der Waals surface area contributed by atoms with Crippen molar-refractivity contribution in [1.29, 1.82) is 0 Å². The molecule has 0 fully saturated rings. The lowest BCUT2D eigenvalue weighted by atomic mass is 10.2. The summed E-state index contributed by atoms with van der Waals surface area (Å²) in [5.41, 5.74) is 2.98. The molecule has 0 radical (unpaired) electrons. The minimum atomic E-state index is -0.322. The first kappa shape index (κ1) is 17.5. The Kier molecular flexibility index (Phi) is 4.29. The average molecular weight is 402 g/mol. The second kappa shape index (κ2) is 7.10. The van der Waals surface area contributed by atoms with E-state index in [4.69, 9.17) is 0 Å². The van der Waals surface area contributed by atoms with Crippen molar-refractivity contribution in [2.75, 3.05) is 0 Å². The Balaban J connectivity index is 1.47. The second-order valence-corrected chi connectivity index (χ2v) is 7.65. The van der Waals surface area contributed by atoms with Crippen LogP contribution in [-0.2, 0) is 6.54 Å². The van der Waals surface area contributed by atoms with Gasteiger partial charge in [-0.15, -0.1) is 11.3 Å². The van der Waals surface area contributed by atoms with Crippen LogP contribution in [0.3, 0.4) is 0 Å². The molecule has 0 saturated carbocycles. The summed E-state index contributed by atoms with van der Waals surface area (Å²) in [6.07, 6.45) is 3.30. The molecule has 0 bridgehead atoms. The molecule has 5 rings (SSSR count). The van der Waals surface area contributed by atoms with Gasteiger partial charge >= 0.3 is 0 Å². The third-order valence-electron chi connectivity index (χ3n) is 4.61. The molecule has 0 atom stereocenters. The van der Waals surface area contributed by atoms with E-state index in [0.29, 0.717) is 28.1 Å². The van der Waals surface area contributed by atoms with Crippen molar-refractivity contribution in [2.45, 2.75) is 6.54 Å². The van der Waals surface area contributed by atoms with Crippen molar-refractivity contribution in [1.82, 2.24) is 19.3 Å². The number of hydrogen-bond acceptors (Lipinski definition) is 4. The highest BCUT2D eigenvalue weighted by molar-refractivity contribution is 7.22. The van der Waals surface area contributed by atoms with Crippen LogP contribution in [0, 0.1) is 5.82 Å². The Bertz CT molecular complexity index is 1370. The molecule has 7 heteroatoms. The fourth-order valence-corrected chi connectivity index (χ4v) is 4.25. The lowest BCUT2D eigenvalue weighted by Crippen LogP contribution is -2.20. The molecule has 0 aliphatic heterocycles. The molecule has 0 saturated heterocycles. The third kappa shape index (κ3) is 3.36. The van der Waals surface area contributed by atoms with E-state index in [1.807, 2.05) is 42.5 Å². The van der Waals surface area contributed by atoms with Crippen molar-refractivity contribution in [2.24, 2.45) is 0 Å². The van der Waals surface area contributed by atoms with Gasteiger partial charge < -0.3 is 0 Å². The number of aromatic nitrogens is 4. The molecule has 0 aliphatic carbocycles. The molecule has 29 heavy (non-hydrogen) atoms. The Morgan fingerprint density at radius 2 is 1.86 bits per heavy atom. The van der Waals surface area contributed by atoms with Crippen LogP contribution in [-0.4, -0.2) is 19.3 Å². The molecule has 2 aromatic carbocycles. The maximum Gasteiger partial charge on any atom is 0.271 e. The van der Waals surface area contributed by atoms with E-state index in [0.717, 1.165) is 10.4 Å². The minimum Gasteiger partial charge on any atom is -0.292 e. The van der Waals surface area contributed by atoms with Gasteiger partial charge in [-0.25, -0.2) is 14.1 Å². The summed E-state index contributed by atoms with van der Waals surface area (Å²) in [5.74, 6) is -0.322. The van der Waals surface area contributed by atoms with Crippen LogP contribution < -0.4 is 5.56 Å². The molecule has 0 aliphatic rings. The van der Waals surface area contributed by atoms with E-state index < -0.39 is 0 Å². The van der Waals surface area contributed by atoms with Gasteiger partial charge in [-0.2, -0.15) is 5.10 Å². The molecule has 0 N–H and O–H groups in total. The van der Waals surface area contributed by atoms with Crippen molar-refractivity contribution in [3.8, 4) is 16.1 Å². The van der Waals surface area contributed by atoms with Crippen LogP contribution >= 0.6 is 11.3 Å². The molecule has 142 valence electrons. The van der Waals surface area contributed by atoms with Crippen LogP contribution in [0.5, 0.6) is 0 Å². The van der Waals surface area contributed by atoms with Gasteiger partial charge in [0.05, 0.1) is 29.8 Å². The quantitative estimate of drug-likeness (QED) is 0.445. The summed E-state index contributed by atoms with van der Waals surface area (Å²) in [5, 5.41) is 4.46. The highest BCUT2D eigenvalue weighted by Crippen LogP contribution is 2.30. The van der Waals surface area contributed by atoms with Gasteiger partial charge in [0.25, 0.3) is 5.56 Å². The van der Waals surface area contributed by atoms with E-state index >= 15 is 0 Å². The van der Waals surface area contributed by atoms with Crippen molar-refractivity contribution < 1.29 is 4.39 Å². The number of rotatable bonds is 4. The van der Waals surface area contributed by atoms with E-state index in [9.17, 15) is 9.18 Å². The fourth-order valence-electron chi connectivity index (χ4n) is 3.19. The average Bonchev–Trinajstić information content (AvgIpc) is 3.39. The Morgan fingerprint density at radius 3 is 2.69 bits per heavy atom. The summed E-state index contributed by atoms with van der Waals surface area (Å²) < 4.78 is 17.2. The highest BCUT2D eigenvalue weighted by Gasteiger charge is 2.12.